The van der Waals surface area contributed by atoms with Gasteiger partial charge in [-0.1, -0.05) is 30.3 Å². The SMILES string of the molecule is O=C(CCCc1ccccc1)NCCN1CCN(C(=O)c2ccsc2)CC1. The Morgan fingerprint density at radius 2 is 1.81 bits per heavy atom. The van der Waals surface area contributed by atoms with Crippen LogP contribution in [0.5, 0.6) is 0 Å². The van der Waals surface area contributed by atoms with Crippen LogP contribution in [0, 0.1) is 0 Å². The normalized spacial score (nSPS) is 14.9. The summed E-state index contributed by atoms with van der Waals surface area (Å²) in [6.07, 6.45) is 2.38. The second-order valence-corrected chi connectivity index (χ2v) is 7.62. The smallest absolute Gasteiger partial charge is 0.254 e. The van der Waals surface area contributed by atoms with Gasteiger partial charge < -0.3 is 10.2 Å². The van der Waals surface area contributed by atoms with E-state index in [1.807, 2.05) is 39.9 Å². The van der Waals surface area contributed by atoms with E-state index in [0.29, 0.717) is 13.0 Å². The molecule has 3 rings (SSSR count). The van der Waals surface area contributed by atoms with Crippen LogP contribution in [0.25, 0.3) is 0 Å². The topological polar surface area (TPSA) is 52.7 Å². The number of thiophene rings is 1. The molecule has 1 fully saturated rings. The minimum atomic E-state index is 0.122. The Bertz CT molecular complexity index is 710. The van der Waals surface area contributed by atoms with Crippen LogP contribution in [0.3, 0.4) is 0 Å². The average Bonchev–Trinajstić information content (AvgIpc) is 3.24. The van der Waals surface area contributed by atoms with E-state index in [9.17, 15) is 9.59 Å². The molecule has 1 aliphatic heterocycles. The molecule has 0 spiro atoms. The lowest BCUT2D eigenvalue weighted by Crippen LogP contribution is -2.50. The van der Waals surface area contributed by atoms with Crippen LogP contribution in [0.1, 0.15) is 28.8 Å². The predicted molar refractivity (Wildman–Crippen MR) is 109 cm³/mol. The maximum absolute atomic E-state index is 12.3. The lowest BCUT2D eigenvalue weighted by Gasteiger charge is -2.34. The molecule has 1 aliphatic rings. The molecule has 2 heterocycles. The van der Waals surface area contributed by atoms with Crippen molar-refractivity contribution in [3.63, 3.8) is 0 Å². The molecule has 2 amide bonds. The largest absolute Gasteiger partial charge is 0.355 e. The van der Waals surface area contributed by atoms with Crippen LogP contribution in [0.2, 0.25) is 0 Å². The molecule has 2 aromatic rings. The monoisotopic (exact) mass is 385 g/mol. The Morgan fingerprint density at radius 1 is 1.04 bits per heavy atom. The van der Waals surface area contributed by atoms with Gasteiger partial charge in [0.05, 0.1) is 5.56 Å². The van der Waals surface area contributed by atoms with Crippen molar-refractivity contribution in [1.82, 2.24) is 15.1 Å². The number of carbonyl (C=O) groups is 2. The van der Waals surface area contributed by atoms with E-state index in [1.165, 1.54) is 5.56 Å². The van der Waals surface area contributed by atoms with Crippen molar-refractivity contribution >= 4 is 23.2 Å². The Hall–Kier alpha value is -2.18. The quantitative estimate of drug-likeness (QED) is 0.760. The number of hydrogen-bond donors (Lipinski definition) is 1. The fourth-order valence-electron chi connectivity index (χ4n) is 3.28. The summed E-state index contributed by atoms with van der Waals surface area (Å²) in [6, 6.07) is 12.1. The molecule has 1 saturated heterocycles. The van der Waals surface area contributed by atoms with Crippen molar-refractivity contribution in [2.75, 3.05) is 39.3 Å². The third kappa shape index (κ3) is 6.19. The summed E-state index contributed by atoms with van der Waals surface area (Å²) in [7, 11) is 0. The fourth-order valence-corrected chi connectivity index (χ4v) is 3.91. The van der Waals surface area contributed by atoms with Crippen molar-refractivity contribution in [1.29, 1.82) is 0 Å². The molecule has 1 N–H and O–H groups in total. The van der Waals surface area contributed by atoms with Crippen LogP contribution in [0.4, 0.5) is 0 Å². The van der Waals surface area contributed by atoms with E-state index in [0.717, 1.165) is 51.1 Å². The first-order valence-electron chi connectivity index (χ1n) is 9.57. The highest BCUT2D eigenvalue weighted by Crippen LogP contribution is 2.11. The summed E-state index contributed by atoms with van der Waals surface area (Å²) >= 11 is 1.55. The van der Waals surface area contributed by atoms with Crippen molar-refractivity contribution in [2.24, 2.45) is 0 Å². The molecule has 0 bridgehead atoms. The highest BCUT2D eigenvalue weighted by atomic mass is 32.1. The molecule has 0 saturated carbocycles. The zero-order valence-electron chi connectivity index (χ0n) is 15.6. The summed E-state index contributed by atoms with van der Waals surface area (Å²) in [6.45, 7) is 4.73. The van der Waals surface area contributed by atoms with Gasteiger partial charge in [-0.05, 0) is 29.9 Å². The van der Waals surface area contributed by atoms with Gasteiger partial charge in [0.2, 0.25) is 5.91 Å². The molecule has 27 heavy (non-hydrogen) atoms. The van der Waals surface area contributed by atoms with Crippen molar-refractivity contribution < 1.29 is 9.59 Å². The molecule has 0 unspecified atom stereocenters. The Balaban J connectivity index is 1.27. The molecular weight excluding hydrogens is 358 g/mol. The first-order valence-corrected chi connectivity index (χ1v) is 10.5. The Kier molecular flexibility index (Phi) is 7.42. The van der Waals surface area contributed by atoms with Gasteiger partial charge in [0, 0.05) is 51.1 Å². The van der Waals surface area contributed by atoms with Gasteiger partial charge >= 0.3 is 0 Å². The first-order chi connectivity index (χ1) is 13.2. The van der Waals surface area contributed by atoms with Gasteiger partial charge in [-0.25, -0.2) is 0 Å². The van der Waals surface area contributed by atoms with E-state index in [-0.39, 0.29) is 11.8 Å². The highest BCUT2D eigenvalue weighted by Gasteiger charge is 2.22. The number of aryl methyl sites for hydroxylation is 1. The first kappa shape index (κ1) is 19.6. The fraction of sp³-hybridized carbons (Fsp3) is 0.429. The molecule has 0 atom stereocenters. The maximum atomic E-state index is 12.3. The molecule has 5 nitrogen and oxygen atoms in total. The van der Waals surface area contributed by atoms with Gasteiger partial charge in [-0.15, -0.1) is 0 Å². The number of nitrogens with one attached hydrogen (secondary N) is 1. The van der Waals surface area contributed by atoms with Crippen LogP contribution in [-0.2, 0) is 11.2 Å². The maximum Gasteiger partial charge on any atom is 0.254 e. The summed E-state index contributed by atoms with van der Waals surface area (Å²) in [5.41, 5.74) is 2.07. The van der Waals surface area contributed by atoms with Crippen LogP contribution in [0.15, 0.2) is 47.2 Å². The van der Waals surface area contributed by atoms with Crippen LogP contribution in [-0.4, -0.2) is 60.9 Å². The third-order valence-corrected chi connectivity index (χ3v) is 5.57. The number of hydrogen-bond acceptors (Lipinski definition) is 4. The lowest BCUT2D eigenvalue weighted by molar-refractivity contribution is -0.121. The standard InChI is InChI=1S/C21H27N3O2S/c25-20(8-4-7-18-5-2-1-3-6-18)22-10-11-23-12-14-24(15-13-23)21(26)19-9-16-27-17-19/h1-3,5-6,9,16-17H,4,7-8,10-15H2,(H,22,25). The van der Waals surface area contributed by atoms with E-state index in [1.54, 1.807) is 11.3 Å². The van der Waals surface area contributed by atoms with Gasteiger partial charge in [0.1, 0.15) is 0 Å². The lowest BCUT2D eigenvalue weighted by atomic mass is 10.1. The minimum absolute atomic E-state index is 0.122. The van der Waals surface area contributed by atoms with Crippen molar-refractivity contribution in [2.45, 2.75) is 19.3 Å². The molecular formula is C21H27N3O2S. The van der Waals surface area contributed by atoms with E-state index < -0.39 is 0 Å². The molecule has 6 heteroatoms. The van der Waals surface area contributed by atoms with Crippen molar-refractivity contribution in [3.05, 3.63) is 58.3 Å². The zero-order valence-corrected chi connectivity index (χ0v) is 16.4. The highest BCUT2D eigenvalue weighted by molar-refractivity contribution is 7.08. The zero-order chi connectivity index (χ0) is 18.9. The average molecular weight is 386 g/mol. The van der Waals surface area contributed by atoms with Gasteiger partial charge in [-0.3, -0.25) is 14.5 Å². The molecule has 0 aliphatic carbocycles. The second kappa shape index (κ2) is 10.2. The number of carbonyl (C=O) groups excluding carboxylic acids is 2. The van der Waals surface area contributed by atoms with Gasteiger partial charge in [0.15, 0.2) is 0 Å². The molecule has 1 aromatic carbocycles. The number of rotatable bonds is 8. The van der Waals surface area contributed by atoms with Crippen molar-refractivity contribution in [3.8, 4) is 0 Å². The summed E-state index contributed by atoms with van der Waals surface area (Å²) in [5, 5.41) is 6.85. The van der Waals surface area contributed by atoms with E-state index >= 15 is 0 Å². The summed E-state index contributed by atoms with van der Waals surface area (Å²) < 4.78 is 0. The third-order valence-electron chi connectivity index (χ3n) is 4.89. The van der Waals surface area contributed by atoms with E-state index in [4.69, 9.17) is 0 Å². The van der Waals surface area contributed by atoms with Gasteiger partial charge in [-0.2, -0.15) is 11.3 Å². The number of benzene rings is 1. The summed E-state index contributed by atoms with van der Waals surface area (Å²) in [4.78, 5) is 28.5. The summed E-state index contributed by atoms with van der Waals surface area (Å²) in [5.74, 6) is 0.250. The Morgan fingerprint density at radius 3 is 2.52 bits per heavy atom. The number of amides is 2. The minimum Gasteiger partial charge on any atom is -0.355 e. The van der Waals surface area contributed by atoms with E-state index in [2.05, 4.69) is 22.3 Å². The number of nitrogens with zero attached hydrogens (tertiary/aromatic N) is 2. The Labute approximate surface area is 165 Å². The molecule has 144 valence electrons. The van der Waals surface area contributed by atoms with Crippen LogP contribution < -0.4 is 5.32 Å². The molecule has 0 radical (unpaired) electrons. The predicted octanol–water partition coefficient (Wildman–Crippen LogP) is 2.65. The van der Waals surface area contributed by atoms with Gasteiger partial charge in [0.25, 0.3) is 5.91 Å². The number of piperazine rings is 1. The molecule has 1 aromatic heterocycles. The second-order valence-electron chi connectivity index (χ2n) is 6.83. The van der Waals surface area contributed by atoms with Crippen LogP contribution >= 0.6 is 11.3 Å².